The van der Waals surface area contributed by atoms with Gasteiger partial charge in [-0.15, -0.1) is 0 Å². The van der Waals surface area contributed by atoms with Crippen molar-refractivity contribution in [3.8, 4) is 0 Å². The first-order chi connectivity index (χ1) is 9.57. The van der Waals surface area contributed by atoms with Gasteiger partial charge in [-0.2, -0.15) is 0 Å². The van der Waals surface area contributed by atoms with E-state index in [9.17, 15) is 22.0 Å². The highest BCUT2D eigenvalue weighted by Crippen LogP contribution is 2.22. The number of carbonyl (C=O) groups is 1. The van der Waals surface area contributed by atoms with E-state index in [1.54, 1.807) is 0 Å². The molecule has 1 rings (SSSR count). The Labute approximate surface area is 127 Å². The van der Waals surface area contributed by atoms with Crippen LogP contribution < -0.4 is 0 Å². The summed E-state index contributed by atoms with van der Waals surface area (Å²) in [6, 6.07) is 1.19. The van der Waals surface area contributed by atoms with E-state index < -0.39 is 37.1 Å². The lowest BCUT2D eigenvalue weighted by Crippen LogP contribution is -2.31. The monoisotopic (exact) mass is 339 g/mol. The highest BCUT2D eigenvalue weighted by molar-refractivity contribution is 8.13. The molecule has 0 fully saturated rings. The molecular formula is C13H16ClF2NO3S. The lowest BCUT2D eigenvalue weighted by atomic mass is 10.1. The summed E-state index contributed by atoms with van der Waals surface area (Å²) in [5, 5.41) is 0. The van der Waals surface area contributed by atoms with Crippen LogP contribution in [0.4, 0.5) is 8.78 Å². The van der Waals surface area contributed by atoms with Crippen molar-refractivity contribution in [1.82, 2.24) is 4.90 Å². The average Bonchev–Trinajstić information content (AvgIpc) is 2.39. The molecule has 0 saturated heterocycles. The van der Waals surface area contributed by atoms with Gasteiger partial charge in [0.05, 0.1) is 10.5 Å². The van der Waals surface area contributed by atoms with E-state index in [-0.39, 0.29) is 5.92 Å². The van der Waals surface area contributed by atoms with Crippen LogP contribution in [0.15, 0.2) is 17.0 Å². The van der Waals surface area contributed by atoms with Gasteiger partial charge in [-0.25, -0.2) is 17.2 Å². The topological polar surface area (TPSA) is 54.5 Å². The van der Waals surface area contributed by atoms with Crippen molar-refractivity contribution >= 4 is 25.6 Å². The summed E-state index contributed by atoms with van der Waals surface area (Å²) < 4.78 is 49.6. The SMILES string of the molecule is CCC(C)CN(C)C(=O)c1cc(S(=O)(=O)Cl)cc(F)c1F. The number of carbonyl (C=O) groups excluding carboxylic acids is 1. The molecule has 0 aliphatic carbocycles. The molecule has 0 aromatic heterocycles. The van der Waals surface area contributed by atoms with Crippen molar-refractivity contribution in [2.45, 2.75) is 25.2 Å². The Hall–Kier alpha value is -1.21. The summed E-state index contributed by atoms with van der Waals surface area (Å²) in [5.41, 5.74) is -0.653. The summed E-state index contributed by atoms with van der Waals surface area (Å²) in [5.74, 6) is -3.45. The molecule has 1 aromatic carbocycles. The zero-order chi connectivity index (χ0) is 16.4. The maximum Gasteiger partial charge on any atom is 0.261 e. The number of hydrogen-bond acceptors (Lipinski definition) is 3. The molecule has 0 heterocycles. The van der Waals surface area contributed by atoms with E-state index in [0.717, 1.165) is 12.5 Å². The highest BCUT2D eigenvalue weighted by atomic mass is 35.7. The van der Waals surface area contributed by atoms with Crippen LogP contribution in [0.2, 0.25) is 0 Å². The number of nitrogens with zero attached hydrogens (tertiary/aromatic N) is 1. The molecule has 21 heavy (non-hydrogen) atoms. The van der Waals surface area contributed by atoms with Crippen molar-refractivity contribution in [1.29, 1.82) is 0 Å². The van der Waals surface area contributed by atoms with E-state index in [1.165, 1.54) is 11.9 Å². The third-order valence-electron chi connectivity index (χ3n) is 3.14. The van der Waals surface area contributed by atoms with E-state index in [2.05, 4.69) is 0 Å². The molecule has 0 aliphatic rings. The van der Waals surface area contributed by atoms with Gasteiger partial charge >= 0.3 is 0 Å². The first-order valence-corrected chi connectivity index (χ1v) is 8.58. The van der Waals surface area contributed by atoms with Crippen LogP contribution in [0.3, 0.4) is 0 Å². The molecule has 0 radical (unpaired) electrons. The third kappa shape index (κ3) is 4.38. The Balaban J connectivity index is 3.23. The molecule has 1 atom stereocenters. The van der Waals surface area contributed by atoms with Crippen LogP contribution in [-0.2, 0) is 9.05 Å². The molecule has 0 N–H and O–H groups in total. The first kappa shape index (κ1) is 17.8. The van der Waals surface area contributed by atoms with Crippen LogP contribution in [0.25, 0.3) is 0 Å². The fourth-order valence-corrected chi connectivity index (χ4v) is 2.52. The van der Waals surface area contributed by atoms with E-state index in [4.69, 9.17) is 10.7 Å². The summed E-state index contributed by atoms with van der Waals surface area (Å²) >= 11 is 0. The number of halogens is 3. The van der Waals surface area contributed by atoms with E-state index in [1.807, 2.05) is 13.8 Å². The Kier molecular flexibility index (Phi) is 5.69. The number of amides is 1. The molecule has 0 bridgehead atoms. The predicted molar refractivity (Wildman–Crippen MR) is 75.8 cm³/mol. The molecule has 4 nitrogen and oxygen atoms in total. The Bertz CT molecular complexity index is 649. The maximum absolute atomic E-state index is 13.7. The second kappa shape index (κ2) is 6.70. The van der Waals surface area contributed by atoms with Gasteiger partial charge in [-0.1, -0.05) is 20.3 Å². The van der Waals surface area contributed by atoms with E-state index >= 15 is 0 Å². The maximum atomic E-state index is 13.7. The van der Waals surface area contributed by atoms with Crippen LogP contribution in [0.5, 0.6) is 0 Å². The van der Waals surface area contributed by atoms with Gasteiger partial charge < -0.3 is 4.90 Å². The minimum atomic E-state index is -4.26. The normalized spacial score (nSPS) is 13.0. The van der Waals surface area contributed by atoms with Gasteiger partial charge in [0.25, 0.3) is 15.0 Å². The van der Waals surface area contributed by atoms with E-state index in [0.29, 0.717) is 12.6 Å². The Morgan fingerprint density at radius 3 is 2.43 bits per heavy atom. The molecule has 0 saturated carbocycles. The minimum absolute atomic E-state index is 0.173. The van der Waals surface area contributed by atoms with Gasteiger partial charge in [0.1, 0.15) is 0 Å². The van der Waals surface area contributed by atoms with Crippen LogP contribution in [-0.4, -0.2) is 32.8 Å². The van der Waals surface area contributed by atoms with Gasteiger partial charge in [-0.3, -0.25) is 4.79 Å². The predicted octanol–water partition coefficient (Wildman–Crippen LogP) is 3.01. The molecule has 118 valence electrons. The summed E-state index contributed by atoms with van der Waals surface area (Å²) in [6.07, 6.45) is 0.810. The summed E-state index contributed by atoms with van der Waals surface area (Å²) in [7, 11) is 2.29. The number of rotatable bonds is 5. The van der Waals surface area contributed by atoms with Crippen LogP contribution >= 0.6 is 10.7 Å². The lowest BCUT2D eigenvalue weighted by molar-refractivity contribution is 0.0769. The van der Waals surface area contributed by atoms with Gasteiger partial charge in [0.15, 0.2) is 11.6 Å². The van der Waals surface area contributed by atoms with Crippen molar-refractivity contribution in [2.75, 3.05) is 13.6 Å². The van der Waals surface area contributed by atoms with Crippen molar-refractivity contribution < 1.29 is 22.0 Å². The molecule has 1 aromatic rings. The molecule has 1 amide bonds. The fourth-order valence-electron chi connectivity index (χ4n) is 1.75. The minimum Gasteiger partial charge on any atom is -0.341 e. The molecule has 1 unspecified atom stereocenters. The molecule has 0 aliphatic heterocycles. The van der Waals surface area contributed by atoms with Gasteiger partial charge in [0.2, 0.25) is 0 Å². The van der Waals surface area contributed by atoms with Crippen molar-refractivity contribution in [2.24, 2.45) is 5.92 Å². The quantitative estimate of drug-likeness (QED) is 0.775. The second-order valence-corrected chi connectivity index (χ2v) is 7.47. The third-order valence-corrected chi connectivity index (χ3v) is 4.48. The zero-order valence-corrected chi connectivity index (χ0v) is 13.4. The van der Waals surface area contributed by atoms with Gasteiger partial charge in [-0.05, 0) is 18.1 Å². The van der Waals surface area contributed by atoms with Crippen molar-refractivity contribution in [3.05, 3.63) is 29.3 Å². The highest BCUT2D eigenvalue weighted by Gasteiger charge is 2.24. The number of hydrogen-bond donors (Lipinski definition) is 0. The molecule has 8 heteroatoms. The van der Waals surface area contributed by atoms with Crippen LogP contribution in [0, 0.1) is 17.6 Å². The number of benzene rings is 1. The van der Waals surface area contributed by atoms with Crippen LogP contribution in [0.1, 0.15) is 30.6 Å². The summed E-state index contributed by atoms with van der Waals surface area (Å²) in [4.78, 5) is 12.7. The van der Waals surface area contributed by atoms with Gasteiger partial charge in [0, 0.05) is 24.3 Å². The largest absolute Gasteiger partial charge is 0.341 e. The fraction of sp³-hybridized carbons (Fsp3) is 0.462. The average molecular weight is 340 g/mol. The molecule has 0 spiro atoms. The zero-order valence-electron chi connectivity index (χ0n) is 11.9. The second-order valence-electron chi connectivity index (χ2n) is 4.90. The smallest absolute Gasteiger partial charge is 0.261 e. The first-order valence-electron chi connectivity index (χ1n) is 6.27. The molecular weight excluding hydrogens is 324 g/mol. The van der Waals surface area contributed by atoms with Crippen molar-refractivity contribution in [3.63, 3.8) is 0 Å². The lowest BCUT2D eigenvalue weighted by Gasteiger charge is -2.21. The Morgan fingerprint density at radius 2 is 1.95 bits per heavy atom. The Morgan fingerprint density at radius 1 is 1.38 bits per heavy atom. The summed E-state index contributed by atoms with van der Waals surface area (Å²) in [6.45, 7) is 4.18. The standard InChI is InChI=1S/C13H16ClF2NO3S/c1-4-8(2)7-17(3)13(18)10-5-9(21(14,19)20)6-11(15)12(10)16/h5-6,8H,4,7H2,1-3H3.